The first kappa shape index (κ1) is 20.3. The van der Waals surface area contributed by atoms with Crippen LogP contribution in [0.3, 0.4) is 0 Å². The number of carbonyl (C=O) groups excluding carboxylic acids is 2. The van der Waals surface area contributed by atoms with Crippen molar-refractivity contribution in [1.29, 1.82) is 0 Å². The molecule has 28 heavy (non-hydrogen) atoms. The van der Waals surface area contributed by atoms with E-state index in [0.29, 0.717) is 25.9 Å². The fourth-order valence-corrected chi connectivity index (χ4v) is 4.25. The predicted octanol–water partition coefficient (Wildman–Crippen LogP) is 3.49. The zero-order valence-electron chi connectivity index (χ0n) is 16.6. The number of hydrogen-bond acceptors (Lipinski definition) is 4. The van der Waals surface area contributed by atoms with Crippen LogP contribution in [0.2, 0.25) is 0 Å². The molecule has 6 nitrogen and oxygen atoms in total. The van der Waals surface area contributed by atoms with Crippen LogP contribution in [0.1, 0.15) is 48.9 Å². The lowest BCUT2D eigenvalue weighted by Crippen LogP contribution is -2.48. The standard InChI is InChI=1S/C21H28N4O2S/c1-14(2)23-21(27)25-11-8-16(9-12-25)20(26)24-19(17-7-5-13-28-17)18-15(3)6-4-10-22-18/h4-7,10,13-14,16,19H,8-9,11-12H2,1-3H3,(H,23,27)(H,24,26). The third-order valence-corrected chi connectivity index (χ3v) is 5.94. The van der Waals surface area contributed by atoms with E-state index >= 15 is 0 Å². The molecule has 0 radical (unpaired) electrons. The smallest absolute Gasteiger partial charge is 0.317 e. The molecule has 0 bridgehead atoms. The number of nitrogens with zero attached hydrogens (tertiary/aromatic N) is 2. The molecule has 0 aliphatic carbocycles. The third kappa shape index (κ3) is 4.90. The normalized spacial score (nSPS) is 16.1. The topological polar surface area (TPSA) is 74.3 Å². The van der Waals surface area contributed by atoms with Crippen molar-refractivity contribution in [1.82, 2.24) is 20.5 Å². The second kappa shape index (κ2) is 9.19. The summed E-state index contributed by atoms with van der Waals surface area (Å²) >= 11 is 1.62. The summed E-state index contributed by atoms with van der Waals surface area (Å²) in [6.07, 6.45) is 3.12. The van der Waals surface area contributed by atoms with Gasteiger partial charge in [0.25, 0.3) is 0 Å². The van der Waals surface area contributed by atoms with E-state index in [-0.39, 0.29) is 29.9 Å². The van der Waals surface area contributed by atoms with Crippen LogP contribution < -0.4 is 10.6 Å². The Hall–Kier alpha value is -2.41. The second-order valence-corrected chi connectivity index (χ2v) is 8.51. The zero-order chi connectivity index (χ0) is 20.1. The number of amides is 3. The van der Waals surface area contributed by atoms with Gasteiger partial charge in [0.15, 0.2) is 0 Å². The Bertz CT molecular complexity index is 798. The summed E-state index contributed by atoms with van der Waals surface area (Å²) in [6.45, 7) is 7.11. The van der Waals surface area contributed by atoms with Crippen molar-refractivity contribution in [2.75, 3.05) is 13.1 Å². The van der Waals surface area contributed by atoms with Gasteiger partial charge in [-0.15, -0.1) is 11.3 Å². The van der Waals surface area contributed by atoms with Crippen LogP contribution >= 0.6 is 11.3 Å². The minimum atomic E-state index is -0.240. The molecular weight excluding hydrogens is 372 g/mol. The molecule has 1 aliphatic rings. The van der Waals surface area contributed by atoms with Crippen LogP contribution in [0.4, 0.5) is 4.79 Å². The number of pyridine rings is 1. The number of likely N-dealkylation sites (tertiary alicyclic amines) is 1. The first-order valence-corrected chi connectivity index (χ1v) is 10.6. The number of thiophene rings is 1. The Balaban J connectivity index is 1.65. The number of aromatic nitrogens is 1. The fourth-order valence-electron chi connectivity index (χ4n) is 3.47. The van der Waals surface area contributed by atoms with Crippen molar-refractivity contribution in [2.45, 2.75) is 45.7 Å². The molecule has 1 unspecified atom stereocenters. The van der Waals surface area contributed by atoms with Gasteiger partial charge in [-0.05, 0) is 56.7 Å². The van der Waals surface area contributed by atoms with Gasteiger partial charge in [0.1, 0.15) is 6.04 Å². The fraction of sp³-hybridized carbons (Fsp3) is 0.476. The van der Waals surface area contributed by atoms with Crippen LogP contribution in [-0.2, 0) is 4.79 Å². The molecule has 1 saturated heterocycles. The van der Waals surface area contributed by atoms with Gasteiger partial charge < -0.3 is 15.5 Å². The number of urea groups is 1. The number of carbonyl (C=O) groups is 2. The highest BCUT2D eigenvalue weighted by molar-refractivity contribution is 7.10. The van der Waals surface area contributed by atoms with Crippen molar-refractivity contribution in [2.24, 2.45) is 5.92 Å². The molecule has 0 saturated carbocycles. The Morgan fingerprint density at radius 2 is 1.93 bits per heavy atom. The van der Waals surface area contributed by atoms with Gasteiger partial charge in [0.2, 0.25) is 5.91 Å². The summed E-state index contributed by atoms with van der Waals surface area (Å²) in [5, 5.41) is 8.14. The summed E-state index contributed by atoms with van der Waals surface area (Å²) in [4.78, 5) is 32.5. The molecule has 2 aromatic heterocycles. The summed E-state index contributed by atoms with van der Waals surface area (Å²) in [7, 11) is 0. The minimum absolute atomic E-state index is 0.0346. The van der Waals surface area contributed by atoms with E-state index in [9.17, 15) is 9.59 Å². The largest absolute Gasteiger partial charge is 0.343 e. The summed E-state index contributed by atoms with van der Waals surface area (Å²) < 4.78 is 0. The average Bonchev–Trinajstić information content (AvgIpc) is 3.21. The molecule has 2 aromatic rings. The second-order valence-electron chi connectivity index (χ2n) is 7.53. The molecule has 0 aromatic carbocycles. The maximum absolute atomic E-state index is 13.0. The van der Waals surface area contributed by atoms with Crippen molar-refractivity contribution < 1.29 is 9.59 Å². The van der Waals surface area contributed by atoms with Crippen LogP contribution in [0.25, 0.3) is 0 Å². The predicted molar refractivity (Wildman–Crippen MR) is 111 cm³/mol. The van der Waals surface area contributed by atoms with E-state index in [1.165, 1.54) is 0 Å². The Labute approximate surface area is 170 Å². The number of rotatable bonds is 5. The van der Waals surface area contributed by atoms with E-state index < -0.39 is 0 Å². The van der Waals surface area contributed by atoms with E-state index in [1.807, 2.05) is 50.4 Å². The number of aryl methyl sites for hydroxylation is 1. The summed E-state index contributed by atoms with van der Waals surface area (Å²) in [5.41, 5.74) is 1.94. The third-order valence-electron chi connectivity index (χ3n) is 5.00. The maximum atomic E-state index is 13.0. The van der Waals surface area contributed by atoms with Crippen LogP contribution in [0.5, 0.6) is 0 Å². The number of nitrogens with one attached hydrogen (secondary N) is 2. The van der Waals surface area contributed by atoms with Crippen molar-refractivity contribution in [3.05, 3.63) is 52.0 Å². The summed E-state index contributed by atoms with van der Waals surface area (Å²) in [6, 6.07) is 7.77. The minimum Gasteiger partial charge on any atom is -0.343 e. The molecule has 2 N–H and O–H groups in total. The van der Waals surface area contributed by atoms with Crippen molar-refractivity contribution in [3.63, 3.8) is 0 Å². The maximum Gasteiger partial charge on any atom is 0.317 e. The van der Waals surface area contributed by atoms with Gasteiger partial charge in [-0.2, -0.15) is 0 Å². The molecule has 0 spiro atoms. The van der Waals surface area contributed by atoms with E-state index in [2.05, 4.69) is 15.6 Å². The molecule has 1 atom stereocenters. The summed E-state index contributed by atoms with van der Waals surface area (Å²) in [5.74, 6) is -0.0537. The van der Waals surface area contributed by atoms with Crippen molar-refractivity contribution in [3.8, 4) is 0 Å². The molecule has 3 rings (SSSR count). The molecule has 3 heterocycles. The molecule has 3 amide bonds. The lowest BCUT2D eigenvalue weighted by atomic mass is 9.95. The molecule has 1 aliphatic heterocycles. The monoisotopic (exact) mass is 400 g/mol. The number of piperidine rings is 1. The first-order chi connectivity index (χ1) is 13.5. The lowest BCUT2D eigenvalue weighted by Gasteiger charge is -2.32. The van der Waals surface area contributed by atoms with E-state index in [4.69, 9.17) is 0 Å². The average molecular weight is 401 g/mol. The molecule has 7 heteroatoms. The molecule has 150 valence electrons. The highest BCUT2D eigenvalue weighted by Gasteiger charge is 2.30. The quantitative estimate of drug-likeness (QED) is 0.807. The van der Waals surface area contributed by atoms with Crippen LogP contribution in [-0.4, -0.2) is 41.0 Å². The van der Waals surface area contributed by atoms with Gasteiger partial charge in [-0.3, -0.25) is 9.78 Å². The zero-order valence-corrected chi connectivity index (χ0v) is 17.5. The van der Waals surface area contributed by atoms with Crippen molar-refractivity contribution >= 4 is 23.3 Å². The SMILES string of the molecule is Cc1cccnc1C(NC(=O)C1CCN(C(=O)NC(C)C)CC1)c1cccs1. The van der Waals surface area contributed by atoms with Gasteiger partial charge in [-0.1, -0.05) is 12.1 Å². The van der Waals surface area contributed by atoms with Crippen LogP contribution in [0, 0.1) is 12.8 Å². The Morgan fingerprint density at radius 1 is 1.18 bits per heavy atom. The Kier molecular flexibility index (Phi) is 6.67. The van der Waals surface area contributed by atoms with E-state index in [0.717, 1.165) is 16.1 Å². The lowest BCUT2D eigenvalue weighted by molar-refractivity contribution is -0.126. The molecular formula is C21H28N4O2S. The van der Waals surface area contributed by atoms with Gasteiger partial charge in [-0.25, -0.2) is 4.79 Å². The van der Waals surface area contributed by atoms with Crippen LogP contribution in [0.15, 0.2) is 35.8 Å². The highest BCUT2D eigenvalue weighted by atomic mass is 32.1. The highest BCUT2D eigenvalue weighted by Crippen LogP contribution is 2.28. The van der Waals surface area contributed by atoms with Gasteiger partial charge in [0.05, 0.1) is 5.69 Å². The Morgan fingerprint density at radius 3 is 2.54 bits per heavy atom. The van der Waals surface area contributed by atoms with Gasteiger partial charge in [0, 0.05) is 36.1 Å². The van der Waals surface area contributed by atoms with Gasteiger partial charge >= 0.3 is 6.03 Å². The first-order valence-electron chi connectivity index (χ1n) is 9.76. The molecule has 1 fully saturated rings. The number of hydrogen-bond donors (Lipinski definition) is 2. The van der Waals surface area contributed by atoms with E-state index in [1.54, 1.807) is 22.4 Å².